The zero-order valence-electron chi connectivity index (χ0n) is 14.4. The van der Waals surface area contributed by atoms with Gasteiger partial charge in [-0.15, -0.1) is 0 Å². The molecule has 1 saturated heterocycles. The summed E-state index contributed by atoms with van der Waals surface area (Å²) in [6, 6.07) is 5.36. The molecule has 0 radical (unpaired) electrons. The number of hydrogen-bond acceptors (Lipinski definition) is 3. The Kier molecular flexibility index (Phi) is 6.02. The summed E-state index contributed by atoms with van der Waals surface area (Å²) in [6.45, 7) is 1.12. The average Bonchev–Trinajstić information content (AvgIpc) is 2.64. The largest absolute Gasteiger partial charge is 0.369 e. The Morgan fingerprint density at radius 3 is 2.64 bits per heavy atom. The molecule has 1 heterocycles. The maximum atomic E-state index is 13.1. The van der Waals surface area contributed by atoms with Crippen molar-refractivity contribution in [2.75, 3.05) is 19.8 Å². The first kappa shape index (κ1) is 17.9. The van der Waals surface area contributed by atoms with Crippen LogP contribution in [0.15, 0.2) is 24.3 Å². The molecular weight excluding hydrogens is 323 g/mol. The second-order valence-electron chi connectivity index (χ2n) is 6.93. The second-order valence-corrected chi connectivity index (χ2v) is 6.93. The summed E-state index contributed by atoms with van der Waals surface area (Å²) in [5.74, 6) is -0.170. The van der Waals surface area contributed by atoms with Crippen molar-refractivity contribution >= 4 is 11.8 Å². The van der Waals surface area contributed by atoms with Crippen molar-refractivity contribution < 1.29 is 18.7 Å². The van der Waals surface area contributed by atoms with Gasteiger partial charge in [0.05, 0.1) is 6.61 Å². The number of hydrogen-bond donors (Lipinski definition) is 1. The number of carbonyl (C=O) groups excluding carboxylic acids is 2. The molecule has 3 rings (SSSR count). The van der Waals surface area contributed by atoms with Crippen molar-refractivity contribution in [1.82, 2.24) is 10.2 Å². The van der Waals surface area contributed by atoms with Gasteiger partial charge in [0.15, 0.2) is 0 Å². The van der Waals surface area contributed by atoms with Crippen molar-refractivity contribution in [3.63, 3.8) is 0 Å². The molecular formula is C19H25FN2O3. The van der Waals surface area contributed by atoms with E-state index in [4.69, 9.17) is 4.74 Å². The number of ether oxygens (including phenoxy) is 1. The fourth-order valence-electron chi connectivity index (χ4n) is 3.56. The van der Waals surface area contributed by atoms with Gasteiger partial charge < -0.3 is 15.0 Å². The molecule has 0 bridgehead atoms. The van der Waals surface area contributed by atoms with Crippen molar-refractivity contribution in [3.05, 3.63) is 35.6 Å². The van der Waals surface area contributed by atoms with Gasteiger partial charge in [0, 0.05) is 13.1 Å². The topological polar surface area (TPSA) is 58.6 Å². The highest BCUT2D eigenvalue weighted by Gasteiger charge is 2.34. The molecule has 25 heavy (non-hydrogen) atoms. The third-order valence-electron chi connectivity index (χ3n) is 5.06. The second kappa shape index (κ2) is 8.43. The van der Waals surface area contributed by atoms with Crippen LogP contribution in [-0.2, 0) is 20.9 Å². The van der Waals surface area contributed by atoms with E-state index in [9.17, 15) is 14.0 Å². The smallest absolute Gasteiger partial charge is 0.249 e. The number of halogens is 1. The van der Waals surface area contributed by atoms with Crippen LogP contribution in [0.2, 0.25) is 0 Å². The predicted octanol–water partition coefficient (Wildman–Crippen LogP) is 2.25. The van der Waals surface area contributed by atoms with E-state index in [0.717, 1.165) is 18.4 Å². The summed E-state index contributed by atoms with van der Waals surface area (Å²) < 4.78 is 18.3. The molecule has 0 spiro atoms. The van der Waals surface area contributed by atoms with Crippen LogP contribution in [-0.4, -0.2) is 42.5 Å². The minimum absolute atomic E-state index is 0.0202. The van der Waals surface area contributed by atoms with Crippen LogP contribution in [0, 0.1) is 11.7 Å². The molecule has 0 aromatic heterocycles. The van der Waals surface area contributed by atoms with Crippen molar-refractivity contribution in [1.29, 1.82) is 0 Å². The van der Waals surface area contributed by atoms with Crippen LogP contribution in [0.5, 0.6) is 0 Å². The van der Waals surface area contributed by atoms with Crippen LogP contribution in [0.25, 0.3) is 0 Å². The molecule has 1 atom stereocenters. The lowest BCUT2D eigenvalue weighted by Crippen LogP contribution is -2.56. The SMILES string of the molecule is O=C(NCC1CCCCC1)[C@@H]1COCC(=O)N1Cc1ccc(F)cc1. The zero-order valence-corrected chi connectivity index (χ0v) is 14.4. The minimum Gasteiger partial charge on any atom is -0.369 e. The fraction of sp³-hybridized carbons (Fsp3) is 0.579. The highest BCUT2D eigenvalue weighted by Crippen LogP contribution is 2.23. The first-order chi connectivity index (χ1) is 12.1. The first-order valence-electron chi connectivity index (χ1n) is 9.03. The van der Waals surface area contributed by atoms with Crippen LogP contribution >= 0.6 is 0 Å². The van der Waals surface area contributed by atoms with Gasteiger partial charge in [0.25, 0.3) is 0 Å². The number of nitrogens with zero attached hydrogens (tertiary/aromatic N) is 1. The van der Waals surface area contributed by atoms with E-state index in [1.165, 1.54) is 36.3 Å². The van der Waals surface area contributed by atoms with Crippen molar-refractivity contribution in [3.8, 4) is 0 Å². The molecule has 2 aliphatic rings. The number of carbonyl (C=O) groups is 2. The summed E-state index contributed by atoms with van der Waals surface area (Å²) >= 11 is 0. The van der Waals surface area contributed by atoms with Crippen molar-refractivity contribution in [2.45, 2.75) is 44.7 Å². The number of rotatable bonds is 5. The Bertz CT molecular complexity index is 599. The standard InChI is InChI=1S/C19H25FN2O3/c20-16-8-6-15(7-9-16)11-22-17(12-25-13-18(22)23)19(24)21-10-14-4-2-1-3-5-14/h6-9,14,17H,1-5,10-13H2,(H,21,24)/t17-/m0/s1. The first-order valence-corrected chi connectivity index (χ1v) is 9.03. The molecule has 1 aliphatic carbocycles. The Morgan fingerprint density at radius 1 is 1.20 bits per heavy atom. The summed E-state index contributed by atoms with van der Waals surface area (Å²) in [7, 11) is 0. The number of amides is 2. The van der Waals surface area contributed by atoms with Crippen LogP contribution < -0.4 is 5.32 Å². The lowest BCUT2D eigenvalue weighted by molar-refractivity contribution is -0.155. The minimum atomic E-state index is -0.630. The maximum absolute atomic E-state index is 13.1. The molecule has 0 unspecified atom stereocenters. The molecule has 2 amide bonds. The van der Waals surface area contributed by atoms with Gasteiger partial charge in [0.1, 0.15) is 18.5 Å². The van der Waals surface area contributed by atoms with Crippen LogP contribution in [0.3, 0.4) is 0 Å². The molecule has 1 saturated carbocycles. The van der Waals surface area contributed by atoms with Gasteiger partial charge in [-0.3, -0.25) is 9.59 Å². The Hall–Kier alpha value is -1.95. The third kappa shape index (κ3) is 4.78. The monoisotopic (exact) mass is 348 g/mol. The molecule has 136 valence electrons. The van der Waals surface area contributed by atoms with E-state index in [2.05, 4.69) is 5.32 Å². The summed E-state index contributed by atoms with van der Waals surface area (Å²) in [4.78, 5) is 26.4. The number of benzene rings is 1. The van der Waals surface area contributed by atoms with E-state index >= 15 is 0 Å². The quantitative estimate of drug-likeness (QED) is 0.888. The molecule has 1 aromatic rings. The normalized spacial score (nSPS) is 22.0. The number of morpholine rings is 1. The molecule has 1 aromatic carbocycles. The Labute approximate surface area is 147 Å². The molecule has 1 N–H and O–H groups in total. The summed E-state index contributed by atoms with van der Waals surface area (Å²) in [5.41, 5.74) is 0.793. The Morgan fingerprint density at radius 2 is 1.92 bits per heavy atom. The van der Waals surface area contributed by atoms with E-state index in [-0.39, 0.29) is 37.4 Å². The van der Waals surface area contributed by atoms with E-state index in [1.54, 1.807) is 12.1 Å². The van der Waals surface area contributed by atoms with E-state index in [1.807, 2.05) is 0 Å². The zero-order chi connectivity index (χ0) is 17.6. The molecule has 1 aliphatic heterocycles. The maximum Gasteiger partial charge on any atom is 0.249 e. The highest BCUT2D eigenvalue weighted by atomic mass is 19.1. The lowest BCUT2D eigenvalue weighted by Gasteiger charge is -2.35. The Balaban J connectivity index is 1.61. The van der Waals surface area contributed by atoms with Crippen LogP contribution in [0.4, 0.5) is 4.39 Å². The molecule has 2 fully saturated rings. The fourth-order valence-corrected chi connectivity index (χ4v) is 3.56. The van der Waals surface area contributed by atoms with Gasteiger partial charge in [-0.1, -0.05) is 31.4 Å². The van der Waals surface area contributed by atoms with Gasteiger partial charge in [-0.2, -0.15) is 0 Å². The highest BCUT2D eigenvalue weighted by molar-refractivity contribution is 5.89. The van der Waals surface area contributed by atoms with E-state index < -0.39 is 6.04 Å². The third-order valence-corrected chi connectivity index (χ3v) is 5.06. The van der Waals surface area contributed by atoms with Gasteiger partial charge in [-0.05, 0) is 36.5 Å². The summed E-state index contributed by atoms with van der Waals surface area (Å²) in [5, 5.41) is 2.99. The van der Waals surface area contributed by atoms with Gasteiger partial charge >= 0.3 is 0 Å². The van der Waals surface area contributed by atoms with Gasteiger partial charge in [-0.25, -0.2) is 4.39 Å². The summed E-state index contributed by atoms with van der Waals surface area (Å²) in [6.07, 6.45) is 6.03. The van der Waals surface area contributed by atoms with Gasteiger partial charge in [0.2, 0.25) is 11.8 Å². The molecule has 6 heteroatoms. The lowest BCUT2D eigenvalue weighted by atomic mass is 9.89. The van der Waals surface area contributed by atoms with E-state index in [0.29, 0.717) is 12.5 Å². The van der Waals surface area contributed by atoms with Crippen molar-refractivity contribution in [2.24, 2.45) is 5.92 Å². The average molecular weight is 348 g/mol. The number of nitrogens with one attached hydrogen (secondary N) is 1. The van der Waals surface area contributed by atoms with Crippen LogP contribution in [0.1, 0.15) is 37.7 Å². The predicted molar refractivity (Wildman–Crippen MR) is 91.1 cm³/mol. The molecule has 5 nitrogen and oxygen atoms in total.